The van der Waals surface area contributed by atoms with Gasteiger partial charge in [-0.2, -0.15) is 13.2 Å². The van der Waals surface area contributed by atoms with Gasteiger partial charge in [-0.3, -0.25) is 4.79 Å². The van der Waals surface area contributed by atoms with Gasteiger partial charge in [0.2, 0.25) is 0 Å². The molecule has 1 aromatic carbocycles. The molecule has 0 aromatic heterocycles. The van der Waals surface area contributed by atoms with Crippen LogP contribution in [0, 0.1) is 12.8 Å². The van der Waals surface area contributed by atoms with Crippen molar-refractivity contribution in [3.05, 3.63) is 29.3 Å². The maximum Gasteiger partial charge on any atom is 0.405 e. The molecule has 6 nitrogen and oxygen atoms in total. The highest BCUT2D eigenvalue weighted by atomic mass is 19.4. The van der Waals surface area contributed by atoms with Crippen molar-refractivity contribution in [3.8, 4) is 0 Å². The van der Waals surface area contributed by atoms with E-state index in [9.17, 15) is 27.9 Å². The van der Waals surface area contributed by atoms with Gasteiger partial charge in [0, 0.05) is 30.9 Å². The molecule has 144 valence electrons. The predicted molar refractivity (Wildman–Crippen MR) is 90.0 cm³/mol. The smallest absolute Gasteiger partial charge is 0.396 e. The van der Waals surface area contributed by atoms with Crippen molar-refractivity contribution >= 4 is 17.6 Å². The number of carbonyl (C=O) groups excluding carboxylic acids is 2. The summed E-state index contributed by atoms with van der Waals surface area (Å²) in [6, 6.07) is 3.95. The van der Waals surface area contributed by atoms with Crippen LogP contribution in [0.5, 0.6) is 0 Å². The Labute approximate surface area is 149 Å². The number of rotatable bonds is 4. The molecule has 2 rings (SSSR count). The number of amides is 3. The summed E-state index contributed by atoms with van der Waals surface area (Å²) in [7, 11) is 0. The summed E-state index contributed by atoms with van der Waals surface area (Å²) in [6.45, 7) is 1.31. The summed E-state index contributed by atoms with van der Waals surface area (Å²) in [6.07, 6.45) is -2.85. The van der Waals surface area contributed by atoms with Gasteiger partial charge in [0.25, 0.3) is 5.91 Å². The molecule has 1 saturated heterocycles. The normalized spacial score (nSPS) is 17.7. The summed E-state index contributed by atoms with van der Waals surface area (Å²) >= 11 is 0. The molecule has 1 aliphatic heterocycles. The lowest BCUT2D eigenvalue weighted by atomic mass is 9.99. The number of hydrogen-bond acceptors (Lipinski definition) is 3. The van der Waals surface area contributed by atoms with Crippen LogP contribution in [0.1, 0.15) is 28.8 Å². The number of likely N-dealkylation sites (tertiary alicyclic amines) is 1. The molecular weight excluding hydrogens is 351 g/mol. The number of halogens is 3. The van der Waals surface area contributed by atoms with Crippen LogP contribution in [0.25, 0.3) is 0 Å². The molecule has 1 fully saturated rings. The van der Waals surface area contributed by atoms with Gasteiger partial charge in [-0.15, -0.1) is 0 Å². The van der Waals surface area contributed by atoms with Crippen molar-refractivity contribution in [1.82, 2.24) is 10.2 Å². The number of aliphatic hydroxyl groups is 1. The number of urea groups is 1. The lowest BCUT2D eigenvalue weighted by molar-refractivity contribution is -0.123. The Morgan fingerprint density at radius 2 is 2.08 bits per heavy atom. The van der Waals surface area contributed by atoms with Gasteiger partial charge in [0.15, 0.2) is 0 Å². The molecule has 0 aliphatic carbocycles. The Bertz CT molecular complexity index is 664. The third-order valence-electron chi connectivity index (χ3n) is 4.26. The van der Waals surface area contributed by atoms with Crippen LogP contribution >= 0.6 is 0 Å². The minimum absolute atomic E-state index is 0.0116. The lowest BCUT2D eigenvalue weighted by Gasteiger charge is -2.32. The Kier molecular flexibility index (Phi) is 6.47. The highest BCUT2D eigenvalue weighted by Crippen LogP contribution is 2.21. The Morgan fingerprint density at radius 3 is 2.73 bits per heavy atom. The molecule has 0 bridgehead atoms. The van der Waals surface area contributed by atoms with Crippen LogP contribution in [0.15, 0.2) is 18.2 Å². The first-order chi connectivity index (χ1) is 12.2. The van der Waals surface area contributed by atoms with Crippen molar-refractivity contribution in [2.24, 2.45) is 5.92 Å². The van der Waals surface area contributed by atoms with E-state index in [0.29, 0.717) is 24.3 Å². The van der Waals surface area contributed by atoms with E-state index in [-0.39, 0.29) is 24.1 Å². The highest BCUT2D eigenvalue weighted by Gasteiger charge is 2.28. The molecule has 1 unspecified atom stereocenters. The van der Waals surface area contributed by atoms with Crippen LogP contribution < -0.4 is 10.6 Å². The fraction of sp³-hybridized carbons (Fsp3) is 0.529. The second kappa shape index (κ2) is 8.39. The summed E-state index contributed by atoms with van der Waals surface area (Å²) < 4.78 is 36.7. The largest absolute Gasteiger partial charge is 0.405 e. The van der Waals surface area contributed by atoms with Crippen LogP contribution in [-0.4, -0.2) is 54.4 Å². The second-order valence-corrected chi connectivity index (χ2v) is 6.39. The first kappa shape index (κ1) is 20.0. The Morgan fingerprint density at radius 1 is 1.35 bits per heavy atom. The fourth-order valence-electron chi connectivity index (χ4n) is 2.77. The molecule has 3 N–H and O–H groups in total. The molecule has 0 spiro atoms. The van der Waals surface area contributed by atoms with E-state index in [0.717, 1.165) is 12.8 Å². The van der Waals surface area contributed by atoms with Gasteiger partial charge in [0.05, 0.1) is 0 Å². The van der Waals surface area contributed by atoms with Gasteiger partial charge in [-0.1, -0.05) is 6.07 Å². The quantitative estimate of drug-likeness (QED) is 0.759. The molecule has 1 aliphatic rings. The number of nitrogens with one attached hydrogen (secondary N) is 2. The number of hydrogen-bond donors (Lipinski definition) is 3. The average Bonchev–Trinajstić information content (AvgIpc) is 2.60. The van der Waals surface area contributed by atoms with Crippen LogP contribution in [0.2, 0.25) is 0 Å². The number of carbonyl (C=O) groups is 2. The number of benzene rings is 1. The number of anilines is 1. The minimum atomic E-state index is -4.49. The van der Waals surface area contributed by atoms with Crippen LogP contribution in [0.3, 0.4) is 0 Å². The molecule has 26 heavy (non-hydrogen) atoms. The van der Waals surface area contributed by atoms with E-state index >= 15 is 0 Å². The number of nitrogens with zero attached hydrogens (tertiary/aromatic N) is 1. The van der Waals surface area contributed by atoms with Crippen LogP contribution in [-0.2, 0) is 0 Å². The van der Waals surface area contributed by atoms with Crippen molar-refractivity contribution in [3.63, 3.8) is 0 Å². The Hall–Kier alpha value is -2.29. The highest BCUT2D eigenvalue weighted by molar-refractivity contribution is 5.97. The molecule has 1 aromatic rings. The van der Waals surface area contributed by atoms with E-state index in [4.69, 9.17) is 0 Å². The number of aryl methyl sites for hydroxylation is 1. The SMILES string of the molecule is Cc1ccc(C(=O)NCC(F)(F)F)cc1NC(=O)N1CCCC(CO)C1. The fourth-order valence-corrected chi connectivity index (χ4v) is 2.77. The maximum absolute atomic E-state index is 12.4. The van der Waals surface area contributed by atoms with Crippen molar-refractivity contribution < 1.29 is 27.9 Å². The van der Waals surface area contributed by atoms with Gasteiger partial charge in [-0.05, 0) is 43.4 Å². The first-order valence-electron chi connectivity index (χ1n) is 8.32. The van der Waals surface area contributed by atoms with E-state index < -0.39 is 18.6 Å². The van der Waals surface area contributed by atoms with E-state index in [1.165, 1.54) is 12.1 Å². The zero-order valence-corrected chi connectivity index (χ0v) is 14.4. The zero-order chi connectivity index (χ0) is 19.3. The zero-order valence-electron chi connectivity index (χ0n) is 14.4. The first-order valence-corrected chi connectivity index (χ1v) is 8.32. The van der Waals surface area contributed by atoms with Crippen molar-refractivity contribution in [1.29, 1.82) is 0 Å². The van der Waals surface area contributed by atoms with Gasteiger partial charge >= 0.3 is 12.2 Å². The average molecular weight is 373 g/mol. The molecular formula is C17H22F3N3O3. The van der Waals surface area contributed by atoms with Crippen molar-refractivity contribution in [2.45, 2.75) is 25.9 Å². The number of piperidine rings is 1. The van der Waals surface area contributed by atoms with Gasteiger partial charge in [0.1, 0.15) is 6.54 Å². The minimum Gasteiger partial charge on any atom is -0.396 e. The summed E-state index contributed by atoms with van der Waals surface area (Å²) in [5.41, 5.74) is 1.07. The maximum atomic E-state index is 12.4. The van der Waals surface area contributed by atoms with Crippen LogP contribution in [0.4, 0.5) is 23.7 Å². The number of aliphatic hydroxyl groups excluding tert-OH is 1. The molecule has 0 radical (unpaired) electrons. The van der Waals surface area contributed by atoms with E-state index in [1.807, 2.05) is 0 Å². The molecule has 9 heteroatoms. The standard InChI is InChI=1S/C17H22F3N3O3/c1-11-4-5-13(15(25)21-10-17(18,19)20)7-14(11)22-16(26)23-6-2-3-12(8-23)9-24/h4-5,7,12,24H,2-3,6,8-10H2,1H3,(H,21,25)(H,22,26). The molecule has 0 saturated carbocycles. The van der Waals surface area contributed by atoms with Crippen molar-refractivity contribution in [2.75, 3.05) is 31.6 Å². The van der Waals surface area contributed by atoms with E-state index in [2.05, 4.69) is 5.32 Å². The molecule has 1 heterocycles. The lowest BCUT2D eigenvalue weighted by Crippen LogP contribution is -2.43. The third kappa shape index (κ3) is 5.62. The second-order valence-electron chi connectivity index (χ2n) is 6.39. The topological polar surface area (TPSA) is 81.7 Å². The van der Waals surface area contributed by atoms with Gasteiger partial charge in [-0.25, -0.2) is 4.79 Å². The summed E-state index contributed by atoms with van der Waals surface area (Å²) in [4.78, 5) is 25.8. The molecule has 1 atom stereocenters. The third-order valence-corrected chi connectivity index (χ3v) is 4.26. The Balaban J connectivity index is 2.04. The monoisotopic (exact) mass is 373 g/mol. The predicted octanol–water partition coefficient (Wildman–Crippen LogP) is 2.52. The number of alkyl halides is 3. The summed E-state index contributed by atoms with van der Waals surface area (Å²) in [5, 5.41) is 13.7. The summed E-state index contributed by atoms with van der Waals surface area (Å²) in [5.74, 6) is -0.828. The van der Waals surface area contributed by atoms with E-state index in [1.54, 1.807) is 23.2 Å². The van der Waals surface area contributed by atoms with Gasteiger partial charge < -0.3 is 20.6 Å². The molecule has 3 amide bonds.